The van der Waals surface area contributed by atoms with E-state index < -0.39 is 0 Å². The molecule has 0 N–H and O–H groups in total. The lowest BCUT2D eigenvalue weighted by Gasteiger charge is -2.37. The largest absolute Gasteiger partial charge is 0.374 e. The molecule has 0 unspecified atom stereocenters. The minimum atomic E-state index is 0.0753. The van der Waals surface area contributed by atoms with E-state index in [1.54, 1.807) is 11.3 Å². The summed E-state index contributed by atoms with van der Waals surface area (Å²) in [6.45, 7) is 1.85. The molecule has 0 bridgehead atoms. The quantitative estimate of drug-likeness (QED) is 0.863. The molecular weight excluding hydrogens is 312 g/mol. The standard InChI is InChI=1S/C17H20N2O3S/c20-17(19-8-9-22-14-6-3-5-13(14)19)11-21-10-16-18-12-4-1-2-7-15(12)23-16/h1-2,4,7,13-14H,3,5-6,8-11H2/t13-,14-/m0/s1. The molecule has 2 atom stereocenters. The van der Waals surface area contributed by atoms with Gasteiger partial charge < -0.3 is 14.4 Å². The molecule has 1 aromatic carbocycles. The van der Waals surface area contributed by atoms with E-state index in [-0.39, 0.29) is 24.7 Å². The number of benzene rings is 1. The SMILES string of the molecule is O=C(COCc1nc2ccccc2s1)N1CCO[C@H]2CCC[C@@H]21. The lowest BCUT2D eigenvalue weighted by Crippen LogP contribution is -2.52. The van der Waals surface area contributed by atoms with Crippen molar-refractivity contribution in [3.05, 3.63) is 29.3 Å². The van der Waals surface area contributed by atoms with Gasteiger partial charge >= 0.3 is 0 Å². The van der Waals surface area contributed by atoms with Crippen LogP contribution in [0.25, 0.3) is 10.2 Å². The Hall–Kier alpha value is -1.50. The van der Waals surface area contributed by atoms with Crippen LogP contribution in [-0.4, -0.2) is 47.7 Å². The molecule has 2 fully saturated rings. The van der Waals surface area contributed by atoms with E-state index in [0.29, 0.717) is 19.8 Å². The summed E-state index contributed by atoms with van der Waals surface area (Å²) >= 11 is 1.62. The Morgan fingerprint density at radius 1 is 1.39 bits per heavy atom. The Kier molecular flexibility index (Phi) is 4.29. The smallest absolute Gasteiger partial charge is 0.249 e. The normalized spacial score (nSPS) is 24.1. The average molecular weight is 332 g/mol. The molecule has 1 aliphatic heterocycles. The van der Waals surface area contributed by atoms with Crippen molar-refractivity contribution in [1.29, 1.82) is 0 Å². The first-order valence-corrected chi connectivity index (χ1v) is 8.96. The molecule has 122 valence electrons. The Morgan fingerprint density at radius 3 is 3.22 bits per heavy atom. The van der Waals surface area contributed by atoms with Crippen LogP contribution in [0.2, 0.25) is 0 Å². The maximum atomic E-state index is 12.4. The van der Waals surface area contributed by atoms with Crippen molar-refractivity contribution in [3.8, 4) is 0 Å². The molecule has 1 aliphatic carbocycles. The topological polar surface area (TPSA) is 51.7 Å². The highest BCUT2D eigenvalue weighted by Gasteiger charge is 2.38. The van der Waals surface area contributed by atoms with Crippen LogP contribution in [-0.2, 0) is 20.9 Å². The lowest BCUT2D eigenvalue weighted by molar-refractivity contribution is -0.149. The van der Waals surface area contributed by atoms with Crippen molar-refractivity contribution in [2.24, 2.45) is 0 Å². The van der Waals surface area contributed by atoms with E-state index in [0.717, 1.165) is 34.5 Å². The van der Waals surface area contributed by atoms with Crippen LogP contribution >= 0.6 is 11.3 Å². The van der Waals surface area contributed by atoms with E-state index in [9.17, 15) is 4.79 Å². The van der Waals surface area contributed by atoms with Crippen molar-refractivity contribution in [2.45, 2.75) is 38.0 Å². The Morgan fingerprint density at radius 2 is 2.30 bits per heavy atom. The number of hydrogen-bond acceptors (Lipinski definition) is 5. The number of carbonyl (C=O) groups excluding carboxylic acids is 1. The van der Waals surface area contributed by atoms with Gasteiger partial charge in [-0.1, -0.05) is 12.1 Å². The maximum absolute atomic E-state index is 12.4. The third kappa shape index (κ3) is 3.11. The molecular formula is C17H20N2O3S. The number of carbonyl (C=O) groups is 1. The zero-order valence-corrected chi connectivity index (χ0v) is 13.8. The van der Waals surface area contributed by atoms with Crippen LogP contribution in [0.4, 0.5) is 0 Å². The highest BCUT2D eigenvalue weighted by molar-refractivity contribution is 7.18. The molecule has 1 aromatic heterocycles. The highest BCUT2D eigenvalue weighted by Crippen LogP contribution is 2.29. The molecule has 0 radical (unpaired) electrons. The minimum Gasteiger partial charge on any atom is -0.374 e. The van der Waals surface area contributed by atoms with Crippen molar-refractivity contribution in [2.75, 3.05) is 19.8 Å². The second-order valence-electron chi connectivity index (χ2n) is 6.06. The van der Waals surface area contributed by atoms with E-state index in [1.165, 1.54) is 0 Å². The molecule has 1 saturated heterocycles. The van der Waals surface area contributed by atoms with Gasteiger partial charge in [-0.05, 0) is 31.4 Å². The van der Waals surface area contributed by atoms with E-state index >= 15 is 0 Å². The number of aromatic nitrogens is 1. The highest BCUT2D eigenvalue weighted by atomic mass is 32.1. The van der Waals surface area contributed by atoms with Crippen LogP contribution in [0.3, 0.4) is 0 Å². The Balaban J connectivity index is 1.32. The van der Waals surface area contributed by atoms with Crippen LogP contribution in [0, 0.1) is 0 Å². The summed E-state index contributed by atoms with van der Waals surface area (Å²) < 4.78 is 12.5. The summed E-state index contributed by atoms with van der Waals surface area (Å²) in [4.78, 5) is 18.9. The maximum Gasteiger partial charge on any atom is 0.249 e. The number of ether oxygens (including phenoxy) is 2. The first kappa shape index (κ1) is 15.1. The molecule has 23 heavy (non-hydrogen) atoms. The number of nitrogens with zero attached hydrogens (tertiary/aromatic N) is 2. The van der Waals surface area contributed by atoms with Gasteiger partial charge in [-0.2, -0.15) is 0 Å². The fourth-order valence-corrected chi connectivity index (χ4v) is 4.43. The van der Waals surface area contributed by atoms with Crippen LogP contribution in [0.15, 0.2) is 24.3 Å². The molecule has 2 aliphatic rings. The number of para-hydroxylation sites is 1. The van der Waals surface area contributed by atoms with Crippen LogP contribution in [0.5, 0.6) is 0 Å². The molecule has 2 heterocycles. The third-order valence-corrected chi connectivity index (χ3v) is 5.60. The number of hydrogen-bond donors (Lipinski definition) is 0. The minimum absolute atomic E-state index is 0.0753. The Labute approximate surface area is 139 Å². The van der Waals surface area contributed by atoms with Gasteiger partial charge in [-0.25, -0.2) is 4.98 Å². The number of rotatable bonds is 4. The fourth-order valence-electron chi connectivity index (χ4n) is 3.53. The van der Waals surface area contributed by atoms with Crippen molar-refractivity contribution < 1.29 is 14.3 Å². The summed E-state index contributed by atoms with van der Waals surface area (Å²) in [5.41, 5.74) is 0.990. The van der Waals surface area contributed by atoms with E-state index in [4.69, 9.17) is 9.47 Å². The first-order valence-electron chi connectivity index (χ1n) is 8.14. The van der Waals surface area contributed by atoms with Crippen LogP contribution in [0.1, 0.15) is 24.3 Å². The zero-order valence-electron chi connectivity index (χ0n) is 12.9. The number of thiazole rings is 1. The van der Waals surface area contributed by atoms with Crippen molar-refractivity contribution >= 4 is 27.5 Å². The molecule has 1 amide bonds. The van der Waals surface area contributed by atoms with Crippen molar-refractivity contribution in [1.82, 2.24) is 9.88 Å². The molecule has 0 spiro atoms. The Bertz CT molecular complexity index is 669. The lowest BCUT2D eigenvalue weighted by atomic mass is 10.1. The predicted molar refractivity (Wildman–Crippen MR) is 88.4 cm³/mol. The first-order chi connectivity index (χ1) is 11.3. The van der Waals surface area contributed by atoms with Gasteiger partial charge in [0, 0.05) is 6.54 Å². The zero-order chi connectivity index (χ0) is 15.6. The summed E-state index contributed by atoms with van der Waals surface area (Å²) in [6, 6.07) is 8.28. The van der Waals surface area contributed by atoms with Crippen LogP contribution < -0.4 is 0 Å². The molecule has 2 aromatic rings. The van der Waals surface area contributed by atoms with Gasteiger partial charge in [-0.15, -0.1) is 11.3 Å². The van der Waals surface area contributed by atoms with Crippen molar-refractivity contribution in [3.63, 3.8) is 0 Å². The van der Waals surface area contributed by atoms with Gasteiger partial charge in [0.05, 0.1) is 35.6 Å². The monoisotopic (exact) mass is 332 g/mol. The number of morpholine rings is 1. The average Bonchev–Trinajstić information content (AvgIpc) is 3.20. The van der Waals surface area contributed by atoms with Gasteiger partial charge in [0.2, 0.25) is 5.91 Å². The summed E-state index contributed by atoms with van der Waals surface area (Å²) in [6.07, 6.45) is 3.50. The third-order valence-electron chi connectivity index (χ3n) is 4.59. The van der Waals surface area contributed by atoms with Gasteiger partial charge in [0.15, 0.2) is 0 Å². The summed E-state index contributed by atoms with van der Waals surface area (Å²) in [5, 5.41) is 0.916. The second-order valence-corrected chi connectivity index (χ2v) is 7.18. The van der Waals surface area contributed by atoms with Gasteiger partial charge in [-0.3, -0.25) is 4.79 Å². The molecule has 1 saturated carbocycles. The number of fused-ring (bicyclic) bond motifs is 2. The second kappa shape index (κ2) is 6.55. The predicted octanol–water partition coefficient (Wildman–Crippen LogP) is 2.59. The summed E-state index contributed by atoms with van der Waals surface area (Å²) in [7, 11) is 0. The van der Waals surface area contributed by atoms with Gasteiger partial charge in [0.1, 0.15) is 11.6 Å². The van der Waals surface area contributed by atoms with E-state index in [1.807, 2.05) is 23.1 Å². The summed E-state index contributed by atoms with van der Waals surface area (Å²) in [5.74, 6) is 0.0753. The molecule has 5 nitrogen and oxygen atoms in total. The van der Waals surface area contributed by atoms with E-state index in [2.05, 4.69) is 11.1 Å². The van der Waals surface area contributed by atoms with Gasteiger partial charge in [0.25, 0.3) is 0 Å². The molecule has 4 rings (SSSR count). The molecule has 6 heteroatoms. The number of amides is 1. The fraction of sp³-hybridized carbons (Fsp3) is 0.529.